The quantitative estimate of drug-likeness (QED) is 0.269. The maximum absolute atomic E-state index is 12.5. The van der Waals surface area contributed by atoms with Crippen LogP contribution in [0, 0.1) is 0 Å². The minimum atomic E-state index is -1.28. The van der Waals surface area contributed by atoms with Crippen molar-refractivity contribution >= 4 is 19.0 Å². The zero-order valence-electron chi connectivity index (χ0n) is 17.4. The SMILES string of the molecule is CCNCCNC1CCN(CC(=O)N[C@H]2Cc3cccc(C(=O)O)c3OB2O)CC1. The van der Waals surface area contributed by atoms with Crippen molar-refractivity contribution in [1.82, 2.24) is 20.9 Å². The topological polar surface area (TPSA) is 123 Å². The summed E-state index contributed by atoms with van der Waals surface area (Å²) >= 11 is 0. The highest BCUT2D eigenvalue weighted by atomic mass is 16.5. The van der Waals surface area contributed by atoms with Gasteiger partial charge in [-0.05, 0) is 37.4 Å². The molecule has 2 aliphatic heterocycles. The van der Waals surface area contributed by atoms with Gasteiger partial charge in [0.2, 0.25) is 5.91 Å². The van der Waals surface area contributed by atoms with Crippen LogP contribution in [-0.4, -0.2) is 85.3 Å². The van der Waals surface area contributed by atoms with Crippen LogP contribution in [0.2, 0.25) is 0 Å². The molecular formula is C20H31BN4O5. The van der Waals surface area contributed by atoms with Gasteiger partial charge in [-0.25, -0.2) is 4.79 Å². The van der Waals surface area contributed by atoms with Gasteiger partial charge < -0.3 is 30.7 Å². The highest BCUT2D eigenvalue weighted by Crippen LogP contribution is 2.30. The van der Waals surface area contributed by atoms with E-state index in [1.54, 1.807) is 12.1 Å². The Balaban J connectivity index is 1.45. The smallest absolute Gasteiger partial charge is 0.534 e. The molecule has 1 atom stereocenters. The lowest BCUT2D eigenvalue weighted by atomic mass is 9.72. The first kappa shape index (κ1) is 22.5. The van der Waals surface area contributed by atoms with Crippen LogP contribution in [0.3, 0.4) is 0 Å². The van der Waals surface area contributed by atoms with Crippen molar-refractivity contribution in [3.8, 4) is 5.75 Å². The molecule has 0 spiro atoms. The molecule has 0 aromatic heterocycles. The third-order valence-electron chi connectivity index (χ3n) is 5.64. The second-order valence-electron chi connectivity index (χ2n) is 7.84. The van der Waals surface area contributed by atoms with Gasteiger partial charge in [0.15, 0.2) is 0 Å². The van der Waals surface area contributed by atoms with E-state index >= 15 is 0 Å². The molecule has 1 amide bonds. The molecule has 1 fully saturated rings. The van der Waals surface area contributed by atoms with Crippen LogP contribution in [0.4, 0.5) is 0 Å². The zero-order valence-corrected chi connectivity index (χ0v) is 17.4. The molecule has 0 radical (unpaired) electrons. The number of carboxylic acids is 1. The number of hydrogen-bond acceptors (Lipinski definition) is 7. The number of likely N-dealkylation sites (tertiary alicyclic amines) is 1. The number of hydrogen-bond donors (Lipinski definition) is 5. The molecule has 0 bridgehead atoms. The normalized spacial score (nSPS) is 19.8. The number of carbonyl (C=O) groups is 2. The Kier molecular flexibility index (Phi) is 8.09. The summed E-state index contributed by atoms with van der Waals surface area (Å²) in [4.78, 5) is 25.9. The van der Waals surface area contributed by atoms with Crippen LogP contribution in [0.15, 0.2) is 18.2 Å². The summed E-state index contributed by atoms with van der Waals surface area (Å²) in [6.45, 7) is 6.94. The van der Waals surface area contributed by atoms with Crippen molar-refractivity contribution in [3.63, 3.8) is 0 Å². The first-order valence-corrected chi connectivity index (χ1v) is 10.6. The molecule has 10 heteroatoms. The average molecular weight is 418 g/mol. The largest absolute Gasteiger partial charge is 0.547 e. The number of carbonyl (C=O) groups excluding carboxylic acids is 1. The molecule has 0 unspecified atom stereocenters. The zero-order chi connectivity index (χ0) is 21.5. The monoisotopic (exact) mass is 418 g/mol. The summed E-state index contributed by atoms with van der Waals surface area (Å²) < 4.78 is 5.43. The summed E-state index contributed by atoms with van der Waals surface area (Å²) in [5.74, 6) is -1.72. The lowest BCUT2D eigenvalue weighted by Gasteiger charge is -2.33. The fourth-order valence-electron chi connectivity index (χ4n) is 4.01. The van der Waals surface area contributed by atoms with Gasteiger partial charge in [-0.3, -0.25) is 9.69 Å². The summed E-state index contributed by atoms with van der Waals surface area (Å²) in [6.07, 6.45) is 2.32. The van der Waals surface area contributed by atoms with Gasteiger partial charge in [0.25, 0.3) is 0 Å². The number of piperidine rings is 1. The Labute approximate surface area is 177 Å². The van der Waals surface area contributed by atoms with Crippen molar-refractivity contribution in [2.45, 2.75) is 38.2 Å². The number of para-hydroxylation sites is 1. The second-order valence-corrected chi connectivity index (χ2v) is 7.84. The lowest BCUT2D eigenvalue weighted by Crippen LogP contribution is -2.55. The number of rotatable bonds is 9. The summed E-state index contributed by atoms with van der Waals surface area (Å²) in [5.41, 5.74) is 0.674. The van der Waals surface area contributed by atoms with Gasteiger partial charge in [-0.1, -0.05) is 19.1 Å². The molecule has 1 aromatic carbocycles. The third-order valence-corrected chi connectivity index (χ3v) is 5.64. The highest BCUT2D eigenvalue weighted by molar-refractivity contribution is 6.47. The van der Waals surface area contributed by atoms with E-state index in [0.29, 0.717) is 18.0 Å². The number of fused-ring (bicyclic) bond motifs is 1. The van der Waals surface area contributed by atoms with Crippen molar-refractivity contribution in [2.24, 2.45) is 0 Å². The number of benzene rings is 1. The molecule has 9 nitrogen and oxygen atoms in total. The van der Waals surface area contributed by atoms with Gasteiger partial charge in [0.1, 0.15) is 5.75 Å². The maximum atomic E-state index is 12.5. The van der Waals surface area contributed by atoms with Gasteiger partial charge in [-0.15, -0.1) is 0 Å². The van der Waals surface area contributed by atoms with Crippen molar-refractivity contribution in [2.75, 3.05) is 39.3 Å². The molecule has 0 aliphatic carbocycles. The van der Waals surface area contributed by atoms with E-state index in [-0.39, 0.29) is 23.8 Å². The fraction of sp³-hybridized carbons (Fsp3) is 0.600. The second kappa shape index (κ2) is 10.8. The Bertz CT molecular complexity index is 742. The molecule has 164 valence electrons. The number of amides is 1. The number of nitrogens with zero attached hydrogens (tertiary/aromatic N) is 1. The number of nitrogens with one attached hydrogen (secondary N) is 3. The van der Waals surface area contributed by atoms with E-state index in [1.807, 2.05) is 0 Å². The van der Waals surface area contributed by atoms with Crippen LogP contribution in [0.1, 0.15) is 35.7 Å². The fourth-order valence-corrected chi connectivity index (χ4v) is 4.01. The Morgan fingerprint density at radius 1 is 1.27 bits per heavy atom. The van der Waals surface area contributed by atoms with E-state index in [2.05, 4.69) is 27.8 Å². The van der Waals surface area contributed by atoms with E-state index in [4.69, 9.17) is 4.65 Å². The highest BCUT2D eigenvalue weighted by Gasteiger charge is 2.38. The molecule has 5 N–H and O–H groups in total. The van der Waals surface area contributed by atoms with Crippen LogP contribution in [0.5, 0.6) is 5.75 Å². The Hall–Kier alpha value is -2.14. The standard InChI is InChI=1S/C20H31BN4O5/c1-2-22-8-9-23-15-6-10-25(11-7-15)13-18(26)24-17-12-14-4-3-5-16(20(27)28)19(14)30-21(17)29/h3-5,15,17,22-23,29H,2,6-13H2,1H3,(H,24,26)(H,27,28)/t17-/m0/s1. The molecule has 0 saturated carbocycles. The van der Waals surface area contributed by atoms with Crippen LogP contribution in [-0.2, 0) is 11.2 Å². The van der Waals surface area contributed by atoms with Crippen LogP contribution >= 0.6 is 0 Å². The first-order valence-electron chi connectivity index (χ1n) is 10.6. The summed E-state index contributed by atoms with van der Waals surface area (Å²) in [7, 11) is -1.28. The molecule has 1 aromatic rings. The number of likely N-dealkylation sites (N-methyl/N-ethyl adjacent to an activating group) is 1. The van der Waals surface area contributed by atoms with Crippen LogP contribution in [0.25, 0.3) is 0 Å². The number of carboxylic acid groups (broad SMARTS) is 1. The predicted molar refractivity (Wildman–Crippen MR) is 114 cm³/mol. The van der Waals surface area contributed by atoms with E-state index in [1.165, 1.54) is 6.07 Å². The summed E-state index contributed by atoms with van der Waals surface area (Å²) in [6, 6.07) is 5.31. The minimum Gasteiger partial charge on any atom is -0.534 e. The number of aromatic carboxylic acids is 1. The van der Waals surface area contributed by atoms with Crippen molar-refractivity contribution in [1.29, 1.82) is 0 Å². The van der Waals surface area contributed by atoms with Gasteiger partial charge >= 0.3 is 13.1 Å². The molecule has 30 heavy (non-hydrogen) atoms. The van der Waals surface area contributed by atoms with E-state index in [9.17, 15) is 19.7 Å². The van der Waals surface area contributed by atoms with Crippen molar-refractivity contribution in [3.05, 3.63) is 29.3 Å². The molecule has 2 heterocycles. The molecular weight excluding hydrogens is 387 g/mol. The average Bonchev–Trinajstić information content (AvgIpc) is 2.72. The first-order chi connectivity index (χ1) is 14.5. The lowest BCUT2D eigenvalue weighted by molar-refractivity contribution is -0.123. The minimum absolute atomic E-state index is 0.0123. The van der Waals surface area contributed by atoms with E-state index < -0.39 is 19.0 Å². The van der Waals surface area contributed by atoms with Gasteiger partial charge in [0.05, 0.1) is 18.0 Å². The third kappa shape index (κ3) is 5.94. The van der Waals surface area contributed by atoms with Gasteiger partial charge in [-0.2, -0.15) is 0 Å². The van der Waals surface area contributed by atoms with Crippen LogP contribution < -0.4 is 20.6 Å². The molecule has 3 rings (SSSR count). The van der Waals surface area contributed by atoms with E-state index in [0.717, 1.165) is 45.6 Å². The predicted octanol–water partition coefficient (Wildman–Crippen LogP) is -0.512. The molecule has 1 saturated heterocycles. The van der Waals surface area contributed by atoms with Gasteiger partial charge in [0, 0.05) is 32.2 Å². The maximum Gasteiger partial charge on any atom is 0.547 e. The Morgan fingerprint density at radius 3 is 2.73 bits per heavy atom. The molecule has 2 aliphatic rings. The van der Waals surface area contributed by atoms with Crippen molar-refractivity contribution < 1.29 is 24.4 Å². The summed E-state index contributed by atoms with van der Waals surface area (Å²) in [5, 5.41) is 29.2. The Morgan fingerprint density at radius 2 is 2.03 bits per heavy atom.